The Morgan fingerprint density at radius 3 is 2.29 bits per heavy atom. The van der Waals surface area contributed by atoms with E-state index in [-0.39, 0.29) is 16.4 Å². The normalized spacial score (nSPS) is 10.8. The first-order chi connectivity index (χ1) is 10.1. The van der Waals surface area contributed by atoms with Crippen LogP contribution in [0.3, 0.4) is 0 Å². The number of carbonyl (C=O) groups is 1. The van der Waals surface area contributed by atoms with Gasteiger partial charge in [-0.25, -0.2) is 4.39 Å². The van der Waals surface area contributed by atoms with E-state index in [9.17, 15) is 9.18 Å². The minimum absolute atomic E-state index is 0.143. The largest absolute Gasteiger partial charge is 0.289 e. The van der Waals surface area contributed by atoms with Gasteiger partial charge in [-0.05, 0) is 29.7 Å². The number of hydrogen-bond donors (Lipinski definition) is 0. The summed E-state index contributed by atoms with van der Waals surface area (Å²) in [5, 5.41) is 1.89. The molecule has 0 amide bonds. The fourth-order valence-electron chi connectivity index (χ4n) is 2.28. The van der Waals surface area contributed by atoms with Crippen molar-refractivity contribution in [2.24, 2.45) is 0 Å². The van der Waals surface area contributed by atoms with Crippen LogP contribution in [-0.4, -0.2) is 5.78 Å². The summed E-state index contributed by atoms with van der Waals surface area (Å²) in [5.41, 5.74) is 0.589. The SMILES string of the molecule is O=C(c1cccc(F)c1Cl)c1ccc(Cl)c2ccccc12. The zero-order valence-corrected chi connectivity index (χ0v) is 12.3. The van der Waals surface area contributed by atoms with E-state index in [2.05, 4.69) is 0 Å². The van der Waals surface area contributed by atoms with E-state index in [0.29, 0.717) is 10.6 Å². The third-order valence-corrected chi connectivity index (χ3v) is 4.03. The molecular formula is C17H9Cl2FO. The molecule has 0 aliphatic heterocycles. The number of carbonyl (C=O) groups excluding carboxylic acids is 1. The van der Waals surface area contributed by atoms with Crippen LogP contribution in [0.5, 0.6) is 0 Å². The lowest BCUT2D eigenvalue weighted by Crippen LogP contribution is -2.04. The van der Waals surface area contributed by atoms with E-state index in [0.717, 1.165) is 10.8 Å². The topological polar surface area (TPSA) is 17.1 Å². The second-order valence-electron chi connectivity index (χ2n) is 4.57. The monoisotopic (exact) mass is 318 g/mol. The highest BCUT2D eigenvalue weighted by molar-refractivity contribution is 6.38. The van der Waals surface area contributed by atoms with Crippen molar-refractivity contribution in [1.82, 2.24) is 0 Å². The fraction of sp³-hybridized carbons (Fsp3) is 0. The molecule has 0 bridgehead atoms. The minimum atomic E-state index is -0.610. The van der Waals surface area contributed by atoms with Crippen molar-refractivity contribution in [1.29, 1.82) is 0 Å². The summed E-state index contributed by atoms with van der Waals surface area (Å²) in [6, 6.07) is 14.8. The van der Waals surface area contributed by atoms with E-state index in [1.54, 1.807) is 12.1 Å². The number of benzene rings is 3. The van der Waals surface area contributed by atoms with E-state index in [1.807, 2.05) is 24.3 Å². The van der Waals surface area contributed by atoms with Crippen molar-refractivity contribution in [2.75, 3.05) is 0 Å². The fourth-order valence-corrected chi connectivity index (χ4v) is 2.72. The number of halogens is 3. The molecule has 0 heterocycles. The summed E-state index contributed by atoms with van der Waals surface area (Å²) in [7, 11) is 0. The molecule has 0 radical (unpaired) electrons. The van der Waals surface area contributed by atoms with E-state index in [1.165, 1.54) is 18.2 Å². The van der Waals surface area contributed by atoms with Gasteiger partial charge in [-0.1, -0.05) is 53.5 Å². The molecule has 0 atom stereocenters. The van der Waals surface area contributed by atoms with Gasteiger partial charge in [0.05, 0.1) is 5.02 Å². The summed E-state index contributed by atoms with van der Waals surface area (Å²) >= 11 is 12.0. The van der Waals surface area contributed by atoms with Crippen LogP contribution in [-0.2, 0) is 0 Å². The lowest BCUT2D eigenvalue weighted by atomic mass is 9.97. The van der Waals surface area contributed by atoms with Gasteiger partial charge < -0.3 is 0 Å². The van der Waals surface area contributed by atoms with Crippen molar-refractivity contribution < 1.29 is 9.18 Å². The van der Waals surface area contributed by atoms with E-state index < -0.39 is 5.82 Å². The Hall–Kier alpha value is -1.90. The van der Waals surface area contributed by atoms with E-state index in [4.69, 9.17) is 23.2 Å². The first kappa shape index (κ1) is 14.1. The van der Waals surface area contributed by atoms with Crippen LogP contribution in [0.4, 0.5) is 4.39 Å². The van der Waals surface area contributed by atoms with Gasteiger partial charge in [0.2, 0.25) is 0 Å². The summed E-state index contributed by atoms with van der Waals surface area (Å²) in [5.74, 6) is -0.937. The number of ketones is 1. The van der Waals surface area contributed by atoms with Crippen LogP contribution in [0, 0.1) is 5.82 Å². The minimum Gasteiger partial charge on any atom is -0.289 e. The number of fused-ring (bicyclic) bond motifs is 1. The quantitative estimate of drug-likeness (QED) is 0.569. The second kappa shape index (κ2) is 5.47. The smallest absolute Gasteiger partial charge is 0.195 e. The maximum Gasteiger partial charge on any atom is 0.195 e. The Morgan fingerprint density at radius 1 is 0.810 bits per heavy atom. The Morgan fingerprint density at radius 2 is 1.52 bits per heavy atom. The highest BCUT2D eigenvalue weighted by atomic mass is 35.5. The summed E-state index contributed by atoms with van der Waals surface area (Å²) in [6.45, 7) is 0. The third-order valence-electron chi connectivity index (χ3n) is 3.31. The molecule has 3 aromatic carbocycles. The van der Waals surface area contributed by atoms with Crippen molar-refractivity contribution in [3.8, 4) is 0 Å². The Balaban J connectivity index is 2.23. The average Bonchev–Trinajstić information content (AvgIpc) is 2.50. The zero-order valence-electron chi connectivity index (χ0n) is 10.7. The van der Waals surface area contributed by atoms with Crippen molar-refractivity contribution in [2.45, 2.75) is 0 Å². The molecule has 0 spiro atoms. The predicted molar refractivity (Wildman–Crippen MR) is 83.8 cm³/mol. The Bertz CT molecular complexity index is 859. The number of hydrogen-bond acceptors (Lipinski definition) is 1. The molecule has 0 aromatic heterocycles. The molecule has 4 heteroatoms. The molecule has 0 unspecified atom stereocenters. The molecule has 104 valence electrons. The van der Waals surface area contributed by atoms with Gasteiger partial charge in [-0.2, -0.15) is 0 Å². The molecular weight excluding hydrogens is 310 g/mol. The van der Waals surface area contributed by atoms with Crippen LogP contribution in [0.15, 0.2) is 54.6 Å². The zero-order chi connectivity index (χ0) is 15.0. The molecule has 1 nitrogen and oxygen atoms in total. The lowest BCUT2D eigenvalue weighted by Gasteiger charge is -2.09. The molecule has 0 saturated heterocycles. The molecule has 0 aliphatic carbocycles. The highest BCUT2D eigenvalue weighted by Crippen LogP contribution is 2.30. The van der Waals surface area contributed by atoms with Crippen molar-refractivity contribution in [3.63, 3.8) is 0 Å². The van der Waals surface area contributed by atoms with Gasteiger partial charge in [0.15, 0.2) is 5.78 Å². The van der Waals surface area contributed by atoms with Gasteiger partial charge >= 0.3 is 0 Å². The van der Waals surface area contributed by atoms with Crippen LogP contribution < -0.4 is 0 Å². The predicted octanol–water partition coefficient (Wildman–Crippen LogP) is 5.52. The molecule has 0 saturated carbocycles. The maximum absolute atomic E-state index is 13.5. The van der Waals surface area contributed by atoms with Crippen LogP contribution in [0.25, 0.3) is 10.8 Å². The average molecular weight is 319 g/mol. The maximum atomic E-state index is 13.5. The first-order valence-corrected chi connectivity index (χ1v) is 7.01. The second-order valence-corrected chi connectivity index (χ2v) is 5.36. The van der Waals surface area contributed by atoms with E-state index >= 15 is 0 Å². The molecule has 3 aromatic rings. The molecule has 21 heavy (non-hydrogen) atoms. The lowest BCUT2D eigenvalue weighted by molar-refractivity contribution is 0.104. The van der Waals surface area contributed by atoms with Crippen molar-refractivity contribution in [3.05, 3.63) is 81.6 Å². The molecule has 0 fully saturated rings. The standard InChI is InChI=1S/C17H9Cl2FO/c18-14-9-8-12(10-4-1-2-5-11(10)14)17(21)13-6-3-7-15(20)16(13)19/h1-9H. The third kappa shape index (κ3) is 2.41. The van der Waals surface area contributed by atoms with Gasteiger partial charge in [-0.3, -0.25) is 4.79 Å². The summed E-state index contributed by atoms with van der Waals surface area (Å²) < 4.78 is 13.5. The first-order valence-electron chi connectivity index (χ1n) is 6.25. The van der Waals surface area contributed by atoms with Crippen molar-refractivity contribution >= 4 is 39.8 Å². The van der Waals surface area contributed by atoms with Crippen LogP contribution >= 0.6 is 23.2 Å². The molecule has 0 N–H and O–H groups in total. The molecule has 3 rings (SSSR count). The number of rotatable bonds is 2. The van der Waals surface area contributed by atoms with Crippen LogP contribution in [0.2, 0.25) is 10.0 Å². The molecule has 0 aliphatic rings. The van der Waals surface area contributed by atoms with Gasteiger partial charge in [0.25, 0.3) is 0 Å². The Kier molecular flexibility index (Phi) is 3.66. The highest BCUT2D eigenvalue weighted by Gasteiger charge is 2.18. The van der Waals surface area contributed by atoms with Gasteiger partial charge in [-0.15, -0.1) is 0 Å². The summed E-state index contributed by atoms with van der Waals surface area (Å²) in [6.07, 6.45) is 0. The van der Waals surface area contributed by atoms with Gasteiger partial charge in [0.1, 0.15) is 5.82 Å². The Labute approximate surface area is 130 Å². The van der Waals surface area contributed by atoms with Gasteiger partial charge in [0, 0.05) is 21.5 Å². The van der Waals surface area contributed by atoms with Crippen LogP contribution in [0.1, 0.15) is 15.9 Å². The summed E-state index contributed by atoms with van der Waals surface area (Å²) in [4.78, 5) is 12.7.